The summed E-state index contributed by atoms with van der Waals surface area (Å²) < 4.78 is 6.61. The Labute approximate surface area is 125 Å². The first kappa shape index (κ1) is 15.0. The Hall–Kier alpha value is -0.410. The van der Waals surface area contributed by atoms with Gasteiger partial charge in [-0.3, -0.25) is 4.98 Å². The highest BCUT2D eigenvalue weighted by Crippen LogP contribution is 2.38. The van der Waals surface area contributed by atoms with Crippen molar-refractivity contribution in [2.75, 3.05) is 7.11 Å². The summed E-state index contributed by atoms with van der Waals surface area (Å²) in [5.41, 5.74) is 2.72. The number of methoxy groups -OCH3 is 1. The summed E-state index contributed by atoms with van der Waals surface area (Å²) in [4.78, 5) is 4.56. The van der Waals surface area contributed by atoms with Gasteiger partial charge in [0.1, 0.15) is 0 Å². The van der Waals surface area contributed by atoms with E-state index < -0.39 is 0 Å². The van der Waals surface area contributed by atoms with Crippen molar-refractivity contribution in [3.05, 3.63) is 28.0 Å². The molecule has 19 heavy (non-hydrogen) atoms. The van der Waals surface area contributed by atoms with E-state index in [1.54, 1.807) is 0 Å². The first-order chi connectivity index (χ1) is 8.91. The standard InChI is InChI=1S/C16H24BrNO/c1-16(2,3)15-9-13(14(17)10-18-15)11-5-7-12(19-4)8-6-11/h9-12H,5-8H2,1-4H3. The average molecular weight is 326 g/mol. The Balaban J connectivity index is 2.20. The van der Waals surface area contributed by atoms with Crippen molar-refractivity contribution in [2.24, 2.45) is 0 Å². The van der Waals surface area contributed by atoms with Crippen molar-refractivity contribution in [1.82, 2.24) is 4.98 Å². The number of aromatic nitrogens is 1. The molecule has 1 fully saturated rings. The monoisotopic (exact) mass is 325 g/mol. The quantitative estimate of drug-likeness (QED) is 0.778. The average Bonchev–Trinajstić information content (AvgIpc) is 2.38. The molecule has 0 aromatic carbocycles. The second-order valence-electron chi connectivity index (χ2n) is 6.55. The van der Waals surface area contributed by atoms with Crippen LogP contribution in [0.4, 0.5) is 0 Å². The molecule has 2 nitrogen and oxygen atoms in total. The fraction of sp³-hybridized carbons (Fsp3) is 0.688. The molecule has 1 heterocycles. The maximum atomic E-state index is 5.46. The summed E-state index contributed by atoms with van der Waals surface area (Å²) in [5, 5.41) is 0. The zero-order valence-corrected chi connectivity index (χ0v) is 14.0. The van der Waals surface area contributed by atoms with Gasteiger partial charge < -0.3 is 4.74 Å². The Morgan fingerprint density at radius 1 is 1.21 bits per heavy atom. The van der Waals surface area contributed by atoms with E-state index in [9.17, 15) is 0 Å². The van der Waals surface area contributed by atoms with Gasteiger partial charge in [-0.05, 0) is 59.2 Å². The number of halogens is 1. The molecule has 0 N–H and O–H groups in total. The smallest absolute Gasteiger partial charge is 0.0571 e. The topological polar surface area (TPSA) is 22.1 Å². The van der Waals surface area contributed by atoms with Crippen LogP contribution >= 0.6 is 15.9 Å². The summed E-state index contributed by atoms with van der Waals surface area (Å²) in [6, 6.07) is 2.29. The highest BCUT2D eigenvalue weighted by Gasteiger charge is 2.25. The minimum Gasteiger partial charge on any atom is -0.381 e. The van der Waals surface area contributed by atoms with Crippen LogP contribution in [0.5, 0.6) is 0 Å². The molecule has 0 spiro atoms. The van der Waals surface area contributed by atoms with Crippen molar-refractivity contribution < 1.29 is 4.74 Å². The third-order valence-electron chi connectivity index (χ3n) is 4.10. The molecule has 0 saturated heterocycles. The third kappa shape index (κ3) is 3.57. The Bertz CT molecular complexity index is 431. The zero-order chi connectivity index (χ0) is 14.0. The maximum absolute atomic E-state index is 5.46. The molecule has 0 radical (unpaired) electrons. The van der Waals surface area contributed by atoms with E-state index in [0.29, 0.717) is 12.0 Å². The minimum atomic E-state index is 0.110. The van der Waals surface area contributed by atoms with Gasteiger partial charge in [0, 0.05) is 28.9 Å². The number of nitrogens with zero attached hydrogens (tertiary/aromatic N) is 1. The van der Waals surface area contributed by atoms with Crippen LogP contribution in [0.2, 0.25) is 0 Å². The molecule has 0 atom stereocenters. The number of ether oxygens (including phenoxy) is 1. The van der Waals surface area contributed by atoms with Crippen LogP contribution in [0, 0.1) is 0 Å². The van der Waals surface area contributed by atoms with Crippen LogP contribution in [-0.4, -0.2) is 18.2 Å². The van der Waals surface area contributed by atoms with Gasteiger partial charge in [0.05, 0.1) is 6.10 Å². The largest absolute Gasteiger partial charge is 0.381 e. The van der Waals surface area contributed by atoms with Crippen LogP contribution in [0.25, 0.3) is 0 Å². The van der Waals surface area contributed by atoms with Crippen molar-refractivity contribution in [3.63, 3.8) is 0 Å². The molecular weight excluding hydrogens is 302 g/mol. The molecule has 1 aliphatic carbocycles. The van der Waals surface area contributed by atoms with Gasteiger partial charge in [-0.15, -0.1) is 0 Å². The summed E-state index contributed by atoms with van der Waals surface area (Å²) in [6.45, 7) is 6.65. The molecule has 0 unspecified atom stereocenters. The SMILES string of the molecule is COC1CCC(c2cc(C(C)(C)C)ncc2Br)CC1. The fourth-order valence-electron chi connectivity index (χ4n) is 2.79. The predicted octanol–water partition coefficient (Wildman–Crippen LogP) is 4.81. The number of hydrogen-bond acceptors (Lipinski definition) is 2. The molecule has 1 aromatic heterocycles. The molecule has 3 heteroatoms. The summed E-state index contributed by atoms with van der Waals surface area (Å²) >= 11 is 3.67. The van der Waals surface area contributed by atoms with Crippen molar-refractivity contribution in [2.45, 2.75) is 63.9 Å². The van der Waals surface area contributed by atoms with Crippen LogP contribution in [0.15, 0.2) is 16.7 Å². The first-order valence-corrected chi connectivity index (χ1v) is 7.90. The lowest BCUT2D eigenvalue weighted by atomic mass is 9.81. The molecule has 106 valence electrons. The Morgan fingerprint density at radius 2 is 1.84 bits per heavy atom. The fourth-order valence-corrected chi connectivity index (χ4v) is 3.33. The molecule has 0 aliphatic heterocycles. The van der Waals surface area contributed by atoms with E-state index in [2.05, 4.69) is 47.8 Å². The highest BCUT2D eigenvalue weighted by molar-refractivity contribution is 9.10. The minimum absolute atomic E-state index is 0.110. The van der Waals surface area contributed by atoms with E-state index in [4.69, 9.17) is 4.74 Å². The van der Waals surface area contributed by atoms with Gasteiger partial charge in [-0.25, -0.2) is 0 Å². The molecule has 1 aliphatic rings. The van der Waals surface area contributed by atoms with Gasteiger partial charge in [-0.1, -0.05) is 20.8 Å². The van der Waals surface area contributed by atoms with Crippen molar-refractivity contribution >= 4 is 15.9 Å². The lowest BCUT2D eigenvalue weighted by Crippen LogP contribution is -2.20. The van der Waals surface area contributed by atoms with Gasteiger partial charge in [-0.2, -0.15) is 0 Å². The predicted molar refractivity (Wildman–Crippen MR) is 82.6 cm³/mol. The lowest BCUT2D eigenvalue weighted by Gasteiger charge is -2.29. The summed E-state index contributed by atoms with van der Waals surface area (Å²) in [7, 11) is 1.82. The molecular formula is C16H24BrNO. The van der Waals surface area contributed by atoms with Crippen molar-refractivity contribution in [3.8, 4) is 0 Å². The van der Waals surface area contributed by atoms with E-state index in [0.717, 1.165) is 4.47 Å². The van der Waals surface area contributed by atoms with Crippen LogP contribution in [0.3, 0.4) is 0 Å². The van der Waals surface area contributed by atoms with Gasteiger partial charge in [0.2, 0.25) is 0 Å². The van der Waals surface area contributed by atoms with Crippen LogP contribution in [-0.2, 0) is 10.2 Å². The van der Waals surface area contributed by atoms with E-state index >= 15 is 0 Å². The van der Waals surface area contributed by atoms with E-state index in [1.807, 2.05) is 13.3 Å². The summed E-state index contributed by atoms with van der Waals surface area (Å²) in [5.74, 6) is 0.643. The Kier molecular flexibility index (Phi) is 4.67. The second-order valence-corrected chi connectivity index (χ2v) is 7.40. The van der Waals surface area contributed by atoms with E-state index in [-0.39, 0.29) is 5.41 Å². The van der Waals surface area contributed by atoms with Crippen molar-refractivity contribution in [1.29, 1.82) is 0 Å². The number of rotatable bonds is 2. The van der Waals surface area contributed by atoms with Gasteiger partial charge in [0.25, 0.3) is 0 Å². The lowest BCUT2D eigenvalue weighted by molar-refractivity contribution is 0.0658. The maximum Gasteiger partial charge on any atom is 0.0571 e. The van der Waals surface area contributed by atoms with E-state index in [1.165, 1.54) is 36.9 Å². The van der Waals surface area contributed by atoms with Gasteiger partial charge >= 0.3 is 0 Å². The molecule has 2 rings (SSSR count). The summed E-state index contributed by atoms with van der Waals surface area (Å²) in [6.07, 6.45) is 7.19. The molecule has 0 bridgehead atoms. The second kappa shape index (κ2) is 5.92. The third-order valence-corrected chi connectivity index (χ3v) is 4.76. The number of hydrogen-bond donors (Lipinski definition) is 0. The molecule has 0 amide bonds. The zero-order valence-electron chi connectivity index (χ0n) is 12.4. The molecule has 1 aromatic rings. The Morgan fingerprint density at radius 3 is 2.37 bits per heavy atom. The highest BCUT2D eigenvalue weighted by atomic mass is 79.9. The number of pyridine rings is 1. The van der Waals surface area contributed by atoms with Crippen LogP contribution < -0.4 is 0 Å². The molecule has 1 saturated carbocycles. The van der Waals surface area contributed by atoms with Gasteiger partial charge in [0.15, 0.2) is 0 Å². The first-order valence-electron chi connectivity index (χ1n) is 7.10. The normalized spacial score (nSPS) is 24.5. The van der Waals surface area contributed by atoms with Crippen LogP contribution in [0.1, 0.15) is 63.6 Å².